The third-order valence-electron chi connectivity index (χ3n) is 3.05. The molecule has 2 aromatic rings. The SMILES string of the molecule is COc1ccc(/C=C(/C#N)C(=O)OCc2ccc(Cl)cc2)cc1. The highest BCUT2D eigenvalue weighted by Crippen LogP contribution is 2.15. The Morgan fingerprint density at radius 3 is 2.39 bits per heavy atom. The number of nitriles is 1. The minimum Gasteiger partial charge on any atom is -0.497 e. The maximum atomic E-state index is 12.0. The summed E-state index contributed by atoms with van der Waals surface area (Å²) in [5, 5.41) is 9.74. The summed E-state index contributed by atoms with van der Waals surface area (Å²) in [6.45, 7) is 0.0810. The van der Waals surface area contributed by atoms with Crippen LogP contribution < -0.4 is 4.74 Å². The van der Waals surface area contributed by atoms with Gasteiger partial charge in [0, 0.05) is 5.02 Å². The van der Waals surface area contributed by atoms with E-state index in [-0.39, 0.29) is 12.2 Å². The van der Waals surface area contributed by atoms with Gasteiger partial charge in [-0.3, -0.25) is 0 Å². The first kappa shape index (κ1) is 16.6. The van der Waals surface area contributed by atoms with Gasteiger partial charge in [0.1, 0.15) is 24.0 Å². The lowest BCUT2D eigenvalue weighted by Gasteiger charge is -2.04. The number of halogens is 1. The van der Waals surface area contributed by atoms with Crippen molar-refractivity contribution < 1.29 is 14.3 Å². The van der Waals surface area contributed by atoms with E-state index in [2.05, 4.69) is 0 Å². The van der Waals surface area contributed by atoms with E-state index in [4.69, 9.17) is 26.3 Å². The van der Waals surface area contributed by atoms with Gasteiger partial charge in [0.15, 0.2) is 0 Å². The van der Waals surface area contributed by atoms with E-state index in [0.29, 0.717) is 16.3 Å². The van der Waals surface area contributed by atoms with Crippen LogP contribution in [0.3, 0.4) is 0 Å². The molecule has 0 atom stereocenters. The zero-order valence-corrected chi connectivity index (χ0v) is 13.2. The Morgan fingerprint density at radius 2 is 1.83 bits per heavy atom. The number of carbonyl (C=O) groups excluding carboxylic acids is 1. The van der Waals surface area contributed by atoms with Crippen molar-refractivity contribution in [3.8, 4) is 11.8 Å². The van der Waals surface area contributed by atoms with E-state index >= 15 is 0 Å². The van der Waals surface area contributed by atoms with Crippen LogP contribution in [0.1, 0.15) is 11.1 Å². The molecule has 0 aromatic heterocycles. The van der Waals surface area contributed by atoms with Crippen LogP contribution in [0, 0.1) is 11.3 Å². The first-order chi connectivity index (χ1) is 11.1. The summed E-state index contributed by atoms with van der Waals surface area (Å²) in [4.78, 5) is 12.0. The Kier molecular flexibility index (Phi) is 5.79. The number of nitrogens with zero attached hydrogens (tertiary/aromatic N) is 1. The molecule has 0 unspecified atom stereocenters. The first-order valence-electron chi connectivity index (χ1n) is 6.80. The minimum atomic E-state index is -0.668. The van der Waals surface area contributed by atoms with Gasteiger partial charge >= 0.3 is 5.97 Å². The monoisotopic (exact) mass is 327 g/mol. The van der Waals surface area contributed by atoms with E-state index in [1.54, 1.807) is 55.6 Å². The van der Waals surface area contributed by atoms with Gasteiger partial charge in [-0.05, 0) is 41.5 Å². The molecule has 116 valence electrons. The molecule has 0 fully saturated rings. The predicted octanol–water partition coefficient (Wildman–Crippen LogP) is 4.00. The van der Waals surface area contributed by atoms with Crippen molar-refractivity contribution in [2.24, 2.45) is 0 Å². The second-order valence-electron chi connectivity index (χ2n) is 4.65. The van der Waals surface area contributed by atoms with Crippen molar-refractivity contribution in [2.45, 2.75) is 6.61 Å². The number of carbonyl (C=O) groups is 1. The molecular formula is C18H14ClNO3. The van der Waals surface area contributed by atoms with Crippen LogP contribution in [-0.2, 0) is 16.1 Å². The molecule has 0 heterocycles. The molecule has 4 nitrogen and oxygen atoms in total. The van der Waals surface area contributed by atoms with Crippen LogP contribution in [0.5, 0.6) is 5.75 Å². The Labute approximate surface area is 139 Å². The third kappa shape index (κ3) is 4.87. The van der Waals surface area contributed by atoms with E-state index in [1.807, 2.05) is 6.07 Å². The normalized spacial score (nSPS) is 10.7. The number of ether oxygens (including phenoxy) is 2. The van der Waals surface area contributed by atoms with Crippen LogP contribution >= 0.6 is 11.6 Å². The number of hydrogen-bond acceptors (Lipinski definition) is 4. The van der Waals surface area contributed by atoms with Crippen LogP contribution in [-0.4, -0.2) is 13.1 Å². The highest BCUT2D eigenvalue weighted by molar-refractivity contribution is 6.30. The summed E-state index contributed by atoms with van der Waals surface area (Å²) >= 11 is 5.79. The molecule has 0 aliphatic heterocycles. The molecule has 23 heavy (non-hydrogen) atoms. The second-order valence-corrected chi connectivity index (χ2v) is 5.08. The van der Waals surface area contributed by atoms with Crippen LogP contribution in [0.4, 0.5) is 0 Å². The fraction of sp³-hybridized carbons (Fsp3) is 0.111. The van der Waals surface area contributed by atoms with Crippen molar-refractivity contribution in [3.05, 3.63) is 70.3 Å². The largest absolute Gasteiger partial charge is 0.497 e. The summed E-state index contributed by atoms with van der Waals surface area (Å²) in [6.07, 6.45) is 1.48. The Bertz CT molecular complexity index is 743. The lowest BCUT2D eigenvalue weighted by atomic mass is 10.1. The number of rotatable bonds is 5. The highest BCUT2D eigenvalue weighted by atomic mass is 35.5. The van der Waals surface area contributed by atoms with Crippen molar-refractivity contribution >= 4 is 23.6 Å². The standard InChI is InChI=1S/C18H14ClNO3/c1-22-17-8-4-13(5-9-17)10-15(11-20)18(21)23-12-14-2-6-16(19)7-3-14/h2-10H,12H2,1H3/b15-10-. The number of benzene rings is 2. The molecule has 0 aliphatic carbocycles. The van der Waals surface area contributed by atoms with Gasteiger partial charge < -0.3 is 9.47 Å². The summed E-state index contributed by atoms with van der Waals surface area (Å²) in [5.41, 5.74) is 1.44. The molecule has 0 amide bonds. The van der Waals surface area contributed by atoms with Crippen molar-refractivity contribution in [2.75, 3.05) is 7.11 Å². The lowest BCUT2D eigenvalue weighted by molar-refractivity contribution is -0.139. The summed E-state index contributed by atoms with van der Waals surface area (Å²) in [6, 6.07) is 15.8. The summed E-state index contributed by atoms with van der Waals surface area (Å²) < 4.78 is 10.2. The average Bonchev–Trinajstić information content (AvgIpc) is 2.59. The second kappa shape index (κ2) is 8.02. The third-order valence-corrected chi connectivity index (χ3v) is 3.30. The molecule has 2 aromatic carbocycles. The molecule has 0 bridgehead atoms. The summed E-state index contributed by atoms with van der Waals surface area (Å²) in [5.74, 6) is 0.0317. The number of methoxy groups -OCH3 is 1. The van der Waals surface area contributed by atoms with E-state index < -0.39 is 5.97 Å². The fourth-order valence-corrected chi connectivity index (χ4v) is 1.94. The van der Waals surface area contributed by atoms with Gasteiger partial charge in [0.05, 0.1) is 7.11 Å². The fourth-order valence-electron chi connectivity index (χ4n) is 1.81. The maximum absolute atomic E-state index is 12.0. The van der Waals surface area contributed by atoms with Gasteiger partial charge in [-0.1, -0.05) is 35.9 Å². The van der Waals surface area contributed by atoms with Crippen LogP contribution in [0.25, 0.3) is 6.08 Å². The van der Waals surface area contributed by atoms with Crippen LogP contribution in [0.2, 0.25) is 5.02 Å². The summed E-state index contributed by atoms with van der Waals surface area (Å²) in [7, 11) is 1.57. The van der Waals surface area contributed by atoms with E-state index in [0.717, 1.165) is 5.56 Å². The number of esters is 1. The van der Waals surface area contributed by atoms with Crippen molar-refractivity contribution in [1.82, 2.24) is 0 Å². The molecular weight excluding hydrogens is 314 g/mol. The Hall–Kier alpha value is -2.77. The van der Waals surface area contributed by atoms with Crippen LogP contribution in [0.15, 0.2) is 54.1 Å². The highest BCUT2D eigenvalue weighted by Gasteiger charge is 2.11. The van der Waals surface area contributed by atoms with Gasteiger partial charge in [0.25, 0.3) is 0 Å². The smallest absolute Gasteiger partial charge is 0.349 e. The van der Waals surface area contributed by atoms with Gasteiger partial charge in [-0.2, -0.15) is 5.26 Å². The zero-order chi connectivity index (χ0) is 16.7. The topological polar surface area (TPSA) is 59.3 Å². The molecule has 0 spiro atoms. The van der Waals surface area contributed by atoms with Gasteiger partial charge in [-0.15, -0.1) is 0 Å². The predicted molar refractivity (Wildman–Crippen MR) is 87.8 cm³/mol. The molecule has 0 radical (unpaired) electrons. The Morgan fingerprint density at radius 1 is 1.17 bits per heavy atom. The first-order valence-corrected chi connectivity index (χ1v) is 7.17. The minimum absolute atomic E-state index is 0.0656. The van der Waals surface area contributed by atoms with Gasteiger partial charge in [0.2, 0.25) is 0 Å². The van der Waals surface area contributed by atoms with Gasteiger partial charge in [-0.25, -0.2) is 4.79 Å². The molecule has 0 saturated carbocycles. The molecule has 0 aliphatic rings. The number of hydrogen-bond donors (Lipinski definition) is 0. The molecule has 2 rings (SSSR count). The van der Waals surface area contributed by atoms with Crippen molar-refractivity contribution in [1.29, 1.82) is 5.26 Å². The zero-order valence-electron chi connectivity index (χ0n) is 12.5. The van der Waals surface area contributed by atoms with E-state index in [1.165, 1.54) is 6.08 Å². The Balaban J connectivity index is 2.04. The molecule has 5 heteroatoms. The lowest BCUT2D eigenvalue weighted by Crippen LogP contribution is -2.06. The maximum Gasteiger partial charge on any atom is 0.349 e. The molecule has 0 N–H and O–H groups in total. The van der Waals surface area contributed by atoms with E-state index in [9.17, 15) is 4.79 Å². The molecule has 0 saturated heterocycles. The quantitative estimate of drug-likeness (QED) is 0.473. The van der Waals surface area contributed by atoms with Crippen molar-refractivity contribution in [3.63, 3.8) is 0 Å². The average molecular weight is 328 g/mol.